The molecule has 18 heavy (non-hydrogen) atoms. The van der Waals surface area contributed by atoms with Crippen molar-refractivity contribution in [2.24, 2.45) is 5.92 Å². The maximum atomic E-state index is 11.7. The molecule has 1 saturated heterocycles. The normalized spacial score (nSPS) is 19.6. The molecule has 7 heteroatoms. The van der Waals surface area contributed by atoms with E-state index < -0.39 is 6.09 Å². The van der Waals surface area contributed by atoms with Crippen LogP contribution in [0.25, 0.3) is 0 Å². The van der Waals surface area contributed by atoms with Crippen molar-refractivity contribution in [1.29, 1.82) is 0 Å². The number of amides is 2. The van der Waals surface area contributed by atoms with Gasteiger partial charge in [0.2, 0.25) is 0 Å². The molecule has 1 aromatic heterocycles. The maximum Gasteiger partial charge on any atom is 0.407 e. The summed E-state index contributed by atoms with van der Waals surface area (Å²) in [7, 11) is 0. The van der Waals surface area contributed by atoms with Gasteiger partial charge in [0.15, 0.2) is 0 Å². The Hall–Kier alpha value is -2.05. The Morgan fingerprint density at radius 1 is 1.61 bits per heavy atom. The number of aromatic amines is 1. The Labute approximate surface area is 104 Å². The molecule has 0 bridgehead atoms. The second-order valence-electron chi connectivity index (χ2n) is 4.42. The smallest absolute Gasteiger partial charge is 0.407 e. The third kappa shape index (κ3) is 2.99. The van der Waals surface area contributed by atoms with Gasteiger partial charge in [-0.05, 0) is 24.8 Å². The fourth-order valence-electron chi connectivity index (χ4n) is 2.12. The average molecular weight is 252 g/mol. The van der Waals surface area contributed by atoms with Crippen LogP contribution in [-0.4, -0.2) is 51.8 Å². The monoisotopic (exact) mass is 252 g/mol. The number of nitrogens with zero attached hydrogens (tertiary/aromatic N) is 2. The minimum Gasteiger partial charge on any atom is -0.465 e. The molecule has 1 atom stereocenters. The maximum absolute atomic E-state index is 11.7. The fraction of sp³-hybridized carbons (Fsp3) is 0.545. The molecule has 1 fully saturated rings. The number of nitrogens with one attached hydrogen (secondary N) is 2. The molecule has 1 unspecified atom stereocenters. The number of aromatic nitrogens is 2. The van der Waals surface area contributed by atoms with Crippen molar-refractivity contribution >= 4 is 12.0 Å². The first kappa shape index (κ1) is 12.4. The van der Waals surface area contributed by atoms with Gasteiger partial charge in [0.05, 0.1) is 0 Å². The summed E-state index contributed by atoms with van der Waals surface area (Å²) in [6, 6.07) is 1.60. The molecule has 0 aliphatic carbocycles. The van der Waals surface area contributed by atoms with Crippen molar-refractivity contribution in [3.05, 3.63) is 18.0 Å². The zero-order valence-corrected chi connectivity index (χ0v) is 9.93. The molecule has 0 spiro atoms. The van der Waals surface area contributed by atoms with Crippen LogP contribution in [0, 0.1) is 5.92 Å². The molecule has 0 aromatic carbocycles. The summed E-state index contributed by atoms with van der Waals surface area (Å²) in [6.45, 7) is 1.56. The Kier molecular flexibility index (Phi) is 3.81. The summed E-state index contributed by atoms with van der Waals surface area (Å²) >= 11 is 0. The van der Waals surface area contributed by atoms with E-state index in [-0.39, 0.29) is 11.8 Å². The molecular formula is C11H16N4O3. The van der Waals surface area contributed by atoms with Crippen molar-refractivity contribution in [3.8, 4) is 0 Å². The first-order chi connectivity index (χ1) is 8.66. The van der Waals surface area contributed by atoms with Crippen LogP contribution in [0.1, 0.15) is 23.3 Å². The van der Waals surface area contributed by atoms with Crippen molar-refractivity contribution in [2.45, 2.75) is 12.8 Å². The predicted octanol–water partition coefficient (Wildman–Crippen LogP) is 0.529. The Morgan fingerprint density at radius 3 is 3.11 bits per heavy atom. The molecular weight excluding hydrogens is 236 g/mol. The molecule has 0 radical (unpaired) electrons. The summed E-state index contributed by atoms with van der Waals surface area (Å²) in [6.07, 6.45) is 2.41. The summed E-state index contributed by atoms with van der Waals surface area (Å²) in [4.78, 5) is 23.9. The third-order valence-electron chi connectivity index (χ3n) is 3.09. The van der Waals surface area contributed by atoms with Crippen LogP contribution in [0.3, 0.4) is 0 Å². The standard InChI is InChI=1S/C11H16N4O3/c16-10(9-3-4-13-14-9)12-6-8-2-1-5-15(7-8)11(17)18/h3-4,8H,1-2,5-7H2,(H,12,16)(H,13,14)(H,17,18). The first-order valence-corrected chi connectivity index (χ1v) is 5.92. The van der Waals surface area contributed by atoms with Gasteiger partial charge in [0.25, 0.3) is 5.91 Å². The van der Waals surface area contributed by atoms with Gasteiger partial charge >= 0.3 is 6.09 Å². The van der Waals surface area contributed by atoms with Gasteiger partial charge in [-0.15, -0.1) is 0 Å². The van der Waals surface area contributed by atoms with E-state index in [1.165, 1.54) is 11.1 Å². The van der Waals surface area contributed by atoms with Crippen molar-refractivity contribution in [3.63, 3.8) is 0 Å². The molecule has 3 N–H and O–H groups in total. The lowest BCUT2D eigenvalue weighted by Gasteiger charge is -2.30. The average Bonchev–Trinajstić information content (AvgIpc) is 2.90. The van der Waals surface area contributed by atoms with E-state index in [1.807, 2.05) is 0 Å². The fourth-order valence-corrected chi connectivity index (χ4v) is 2.12. The van der Waals surface area contributed by atoms with E-state index >= 15 is 0 Å². The van der Waals surface area contributed by atoms with Gasteiger partial charge in [-0.1, -0.05) is 0 Å². The van der Waals surface area contributed by atoms with E-state index in [9.17, 15) is 9.59 Å². The van der Waals surface area contributed by atoms with Crippen LogP contribution >= 0.6 is 0 Å². The van der Waals surface area contributed by atoms with Gasteiger partial charge in [-0.2, -0.15) is 5.10 Å². The van der Waals surface area contributed by atoms with E-state index in [0.29, 0.717) is 25.3 Å². The summed E-state index contributed by atoms with van der Waals surface area (Å²) in [5.41, 5.74) is 0.418. The lowest BCUT2D eigenvalue weighted by molar-refractivity contribution is 0.0924. The predicted molar refractivity (Wildman–Crippen MR) is 63.2 cm³/mol. The van der Waals surface area contributed by atoms with Crippen molar-refractivity contribution < 1.29 is 14.7 Å². The lowest BCUT2D eigenvalue weighted by atomic mass is 9.98. The number of hydrogen-bond donors (Lipinski definition) is 3. The molecule has 2 heterocycles. The Morgan fingerprint density at radius 2 is 2.44 bits per heavy atom. The number of likely N-dealkylation sites (tertiary alicyclic amines) is 1. The summed E-state index contributed by atoms with van der Waals surface area (Å²) in [5, 5.41) is 18.0. The van der Waals surface area contributed by atoms with Crippen LogP contribution < -0.4 is 5.32 Å². The Bertz CT molecular complexity index is 418. The van der Waals surface area contributed by atoms with E-state index in [4.69, 9.17) is 5.11 Å². The molecule has 2 amide bonds. The van der Waals surface area contributed by atoms with Crippen LogP contribution in [0.15, 0.2) is 12.3 Å². The molecule has 98 valence electrons. The number of H-pyrrole nitrogens is 1. The van der Waals surface area contributed by atoms with Crippen LogP contribution in [0.4, 0.5) is 4.79 Å². The number of carbonyl (C=O) groups is 2. The van der Waals surface area contributed by atoms with Gasteiger partial charge in [-0.25, -0.2) is 4.79 Å². The summed E-state index contributed by atoms with van der Waals surface area (Å²) in [5.74, 6) is -0.0262. The molecule has 1 aliphatic rings. The highest BCUT2D eigenvalue weighted by Crippen LogP contribution is 2.15. The lowest BCUT2D eigenvalue weighted by Crippen LogP contribution is -2.43. The van der Waals surface area contributed by atoms with E-state index in [1.54, 1.807) is 6.07 Å². The molecule has 0 saturated carbocycles. The van der Waals surface area contributed by atoms with Crippen LogP contribution in [0.5, 0.6) is 0 Å². The highest BCUT2D eigenvalue weighted by Gasteiger charge is 2.23. The molecule has 1 aromatic rings. The number of carboxylic acid groups (broad SMARTS) is 1. The van der Waals surface area contributed by atoms with E-state index in [0.717, 1.165) is 12.8 Å². The Balaban J connectivity index is 1.80. The van der Waals surface area contributed by atoms with Crippen LogP contribution in [0.2, 0.25) is 0 Å². The second kappa shape index (κ2) is 5.52. The zero-order chi connectivity index (χ0) is 13.0. The van der Waals surface area contributed by atoms with Gasteiger partial charge in [0.1, 0.15) is 5.69 Å². The molecule has 2 rings (SSSR count). The van der Waals surface area contributed by atoms with Gasteiger partial charge < -0.3 is 15.3 Å². The summed E-state index contributed by atoms with van der Waals surface area (Å²) < 4.78 is 0. The first-order valence-electron chi connectivity index (χ1n) is 5.92. The minimum atomic E-state index is -0.889. The molecule has 7 nitrogen and oxygen atoms in total. The number of hydrogen-bond acceptors (Lipinski definition) is 3. The topological polar surface area (TPSA) is 98.3 Å². The van der Waals surface area contributed by atoms with Gasteiger partial charge in [0, 0.05) is 25.8 Å². The highest BCUT2D eigenvalue weighted by molar-refractivity contribution is 5.92. The van der Waals surface area contributed by atoms with Crippen LogP contribution in [-0.2, 0) is 0 Å². The van der Waals surface area contributed by atoms with E-state index in [2.05, 4.69) is 15.5 Å². The van der Waals surface area contributed by atoms with Crippen molar-refractivity contribution in [2.75, 3.05) is 19.6 Å². The highest BCUT2D eigenvalue weighted by atomic mass is 16.4. The number of rotatable bonds is 3. The van der Waals surface area contributed by atoms with Crippen molar-refractivity contribution in [1.82, 2.24) is 20.4 Å². The molecule has 1 aliphatic heterocycles. The SMILES string of the molecule is O=C(NCC1CCCN(C(=O)O)C1)c1ccn[nH]1. The quantitative estimate of drug-likeness (QED) is 0.730. The largest absolute Gasteiger partial charge is 0.465 e. The zero-order valence-electron chi connectivity index (χ0n) is 9.93. The number of piperidine rings is 1. The second-order valence-corrected chi connectivity index (χ2v) is 4.42. The minimum absolute atomic E-state index is 0.182. The number of carbonyl (C=O) groups excluding carboxylic acids is 1. The van der Waals surface area contributed by atoms with Gasteiger partial charge in [-0.3, -0.25) is 9.89 Å². The third-order valence-corrected chi connectivity index (χ3v) is 3.09.